The number of ether oxygens (including phenoxy) is 2. The van der Waals surface area contributed by atoms with Crippen LogP contribution in [0.15, 0.2) is 30.5 Å². The van der Waals surface area contributed by atoms with Crippen molar-refractivity contribution in [3.05, 3.63) is 51.2 Å². The molecule has 1 amide bonds. The molecule has 1 atom stereocenters. The summed E-state index contributed by atoms with van der Waals surface area (Å²) in [6.45, 7) is 5.62. The Kier molecular flexibility index (Phi) is 5.52. The number of carbonyl (C=O) groups excluding carboxylic acids is 1. The number of rotatable bonds is 5. The van der Waals surface area contributed by atoms with Crippen molar-refractivity contribution in [2.75, 3.05) is 32.8 Å². The van der Waals surface area contributed by atoms with Gasteiger partial charge in [-0.15, -0.1) is 0 Å². The third kappa shape index (κ3) is 4.49. The van der Waals surface area contributed by atoms with Gasteiger partial charge in [-0.3, -0.25) is 9.47 Å². The van der Waals surface area contributed by atoms with Crippen LogP contribution in [0.3, 0.4) is 0 Å². The average Bonchev–Trinajstić information content (AvgIpc) is 3.24. The van der Waals surface area contributed by atoms with Crippen molar-refractivity contribution in [1.82, 2.24) is 19.4 Å². The normalized spacial score (nSPS) is 21.2. The Bertz CT molecular complexity index is 916. The first-order valence-corrected chi connectivity index (χ1v) is 9.98. The van der Waals surface area contributed by atoms with Gasteiger partial charge in [-0.05, 0) is 29.5 Å². The van der Waals surface area contributed by atoms with Crippen LogP contribution < -0.4 is 4.74 Å². The van der Waals surface area contributed by atoms with Crippen LogP contribution in [0.5, 0.6) is 6.01 Å². The summed E-state index contributed by atoms with van der Waals surface area (Å²) in [6, 6.07) is 7.92. The molecule has 0 aliphatic carbocycles. The van der Waals surface area contributed by atoms with Crippen molar-refractivity contribution < 1.29 is 19.2 Å². The van der Waals surface area contributed by atoms with E-state index in [0.717, 1.165) is 19.6 Å². The lowest BCUT2D eigenvalue weighted by Crippen LogP contribution is -2.49. The number of amides is 1. The molecule has 0 radical (unpaired) electrons. The Morgan fingerprint density at radius 3 is 2.63 bits per heavy atom. The summed E-state index contributed by atoms with van der Waals surface area (Å²) in [5.74, 6) is -0.263. The molecular weight excluding hydrogens is 414 g/mol. The summed E-state index contributed by atoms with van der Waals surface area (Å²) >= 11 is 5.92. The zero-order chi connectivity index (χ0) is 21.3. The molecule has 0 unspecified atom stereocenters. The molecule has 0 N–H and O–H groups in total. The maximum Gasteiger partial charge on any atom is 0.415 e. The number of imidazole rings is 1. The summed E-state index contributed by atoms with van der Waals surface area (Å²) in [6.07, 6.45) is 0.934. The molecule has 11 heteroatoms. The summed E-state index contributed by atoms with van der Waals surface area (Å²) in [5, 5.41) is 11.5. The first-order chi connectivity index (χ1) is 14.3. The molecule has 1 saturated heterocycles. The van der Waals surface area contributed by atoms with E-state index in [1.165, 1.54) is 11.8 Å². The number of hydrogen-bond acceptors (Lipinski definition) is 7. The lowest BCUT2D eigenvalue weighted by Gasteiger charge is -2.34. The van der Waals surface area contributed by atoms with Gasteiger partial charge in [0.15, 0.2) is 5.60 Å². The molecule has 1 fully saturated rings. The van der Waals surface area contributed by atoms with Gasteiger partial charge in [-0.2, -0.15) is 0 Å². The van der Waals surface area contributed by atoms with E-state index < -0.39 is 10.5 Å². The highest BCUT2D eigenvalue weighted by molar-refractivity contribution is 6.30. The Balaban J connectivity index is 1.23. The molecule has 3 heterocycles. The van der Waals surface area contributed by atoms with E-state index in [1.54, 1.807) is 16.4 Å². The number of nitro groups is 1. The van der Waals surface area contributed by atoms with E-state index in [4.69, 9.17) is 21.1 Å². The van der Waals surface area contributed by atoms with Crippen molar-refractivity contribution in [2.45, 2.75) is 25.6 Å². The first kappa shape index (κ1) is 20.4. The number of aromatic nitrogens is 2. The number of halogens is 1. The molecule has 1 aromatic carbocycles. The van der Waals surface area contributed by atoms with Gasteiger partial charge in [-0.25, -0.2) is 4.79 Å². The molecule has 30 heavy (non-hydrogen) atoms. The van der Waals surface area contributed by atoms with E-state index in [9.17, 15) is 14.9 Å². The van der Waals surface area contributed by atoms with Gasteiger partial charge in [0.2, 0.25) is 0 Å². The molecule has 4 rings (SSSR count). The standard InChI is InChI=1S/C19H22ClN5O5/c1-19(12-24-11-16(25(27)28)21-17(24)30-19)13-29-18(26)23-8-6-22(7-9-23)10-14-2-4-15(20)5-3-14/h2-5,11H,6-10,12-13H2,1H3/t19-/m1/s1. The second-order valence-corrected chi connectivity index (χ2v) is 8.20. The second-order valence-electron chi connectivity index (χ2n) is 7.76. The Morgan fingerprint density at radius 1 is 1.30 bits per heavy atom. The third-order valence-electron chi connectivity index (χ3n) is 5.21. The van der Waals surface area contributed by atoms with Gasteiger partial charge in [0.25, 0.3) is 0 Å². The van der Waals surface area contributed by atoms with E-state index >= 15 is 0 Å². The zero-order valence-corrected chi connectivity index (χ0v) is 17.2. The SMILES string of the molecule is C[C@]1(COC(=O)N2CCN(Cc3ccc(Cl)cc3)CC2)Cn2cc([N+](=O)[O-])nc2O1. The molecule has 0 bridgehead atoms. The number of carbonyl (C=O) groups is 1. The van der Waals surface area contributed by atoms with Crippen molar-refractivity contribution in [2.24, 2.45) is 0 Å². The first-order valence-electron chi connectivity index (χ1n) is 9.60. The minimum Gasteiger partial charge on any atom is -0.445 e. The largest absolute Gasteiger partial charge is 0.445 e. The van der Waals surface area contributed by atoms with Crippen LogP contribution in [-0.4, -0.2) is 68.8 Å². The molecule has 10 nitrogen and oxygen atoms in total. The van der Waals surface area contributed by atoms with Crippen LogP contribution in [0.2, 0.25) is 5.02 Å². The van der Waals surface area contributed by atoms with Crippen molar-refractivity contribution in [3.63, 3.8) is 0 Å². The van der Waals surface area contributed by atoms with E-state index in [-0.39, 0.29) is 24.5 Å². The van der Waals surface area contributed by atoms with Crippen molar-refractivity contribution >= 4 is 23.5 Å². The van der Waals surface area contributed by atoms with Gasteiger partial charge in [0, 0.05) is 42.7 Å². The summed E-state index contributed by atoms with van der Waals surface area (Å²) in [4.78, 5) is 30.5. The minimum absolute atomic E-state index is 0.0357. The highest BCUT2D eigenvalue weighted by atomic mass is 35.5. The fraction of sp³-hybridized carbons (Fsp3) is 0.474. The molecule has 2 aliphatic heterocycles. The second kappa shape index (κ2) is 8.11. The predicted octanol–water partition coefficient (Wildman–Crippen LogP) is 2.55. The van der Waals surface area contributed by atoms with E-state index in [1.807, 2.05) is 24.3 Å². The number of nitrogens with zero attached hydrogens (tertiary/aromatic N) is 5. The molecule has 2 aromatic rings. The maximum absolute atomic E-state index is 12.5. The topological polar surface area (TPSA) is 103 Å². The molecule has 160 valence electrons. The van der Waals surface area contributed by atoms with Crippen LogP contribution in [0.25, 0.3) is 0 Å². The highest BCUT2D eigenvalue weighted by Crippen LogP contribution is 2.31. The van der Waals surface area contributed by atoms with Gasteiger partial charge >= 0.3 is 17.9 Å². The molecular formula is C19H22ClN5O5. The van der Waals surface area contributed by atoms with E-state index in [2.05, 4.69) is 9.88 Å². The van der Waals surface area contributed by atoms with Crippen molar-refractivity contribution in [1.29, 1.82) is 0 Å². The molecule has 0 spiro atoms. The fourth-order valence-electron chi connectivity index (χ4n) is 3.60. The molecule has 0 saturated carbocycles. The Morgan fingerprint density at radius 2 is 2.00 bits per heavy atom. The van der Waals surface area contributed by atoms with Crippen LogP contribution in [0, 0.1) is 10.1 Å². The van der Waals surface area contributed by atoms with Crippen molar-refractivity contribution in [3.8, 4) is 6.01 Å². The average molecular weight is 436 g/mol. The quantitative estimate of drug-likeness (QED) is 0.525. The van der Waals surface area contributed by atoms with Crippen LogP contribution >= 0.6 is 11.6 Å². The lowest BCUT2D eigenvalue weighted by molar-refractivity contribution is -0.389. The van der Waals surface area contributed by atoms with E-state index in [0.29, 0.717) is 24.7 Å². The third-order valence-corrected chi connectivity index (χ3v) is 5.46. The Hall–Kier alpha value is -2.85. The number of hydrogen-bond donors (Lipinski definition) is 0. The number of benzene rings is 1. The van der Waals surface area contributed by atoms with Gasteiger partial charge in [0.1, 0.15) is 12.8 Å². The van der Waals surface area contributed by atoms with Gasteiger partial charge in [-0.1, -0.05) is 23.7 Å². The van der Waals surface area contributed by atoms with Crippen LogP contribution in [-0.2, 0) is 17.8 Å². The lowest BCUT2D eigenvalue weighted by atomic mass is 10.1. The molecule has 1 aromatic heterocycles. The van der Waals surface area contributed by atoms with Crippen LogP contribution in [0.1, 0.15) is 12.5 Å². The maximum atomic E-state index is 12.5. The summed E-state index contributed by atoms with van der Waals surface area (Å²) < 4.78 is 12.7. The zero-order valence-electron chi connectivity index (χ0n) is 16.5. The molecule has 2 aliphatic rings. The van der Waals surface area contributed by atoms with Crippen LogP contribution in [0.4, 0.5) is 10.6 Å². The summed E-state index contributed by atoms with van der Waals surface area (Å²) in [5.41, 5.74) is 0.378. The van der Waals surface area contributed by atoms with Gasteiger partial charge in [0.05, 0.1) is 6.54 Å². The number of fused-ring (bicyclic) bond motifs is 1. The van der Waals surface area contributed by atoms with Gasteiger partial charge < -0.3 is 24.5 Å². The Labute approximate surface area is 178 Å². The monoisotopic (exact) mass is 435 g/mol. The predicted molar refractivity (Wildman–Crippen MR) is 108 cm³/mol. The number of piperazine rings is 1. The minimum atomic E-state index is -0.802. The summed E-state index contributed by atoms with van der Waals surface area (Å²) in [7, 11) is 0. The highest BCUT2D eigenvalue weighted by Gasteiger charge is 2.41. The smallest absolute Gasteiger partial charge is 0.415 e. The fourth-order valence-corrected chi connectivity index (χ4v) is 3.72.